The molecule has 2 aromatic carbocycles. The van der Waals surface area contributed by atoms with Gasteiger partial charge in [-0.2, -0.15) is 0 Å². The van der Waals surface area contributed by atoms with E-state index >= 15 is 0 Å². The van der Waals surface area contributed by atoms with E-state index in [0.29, 0.717) is 31.4 Å². The molecule has 0 bridgehead atoms. The average Bonchev–Trinajstić information content (AvgIpc) is 2.87. The molecule has 1 unspecified atom stereocenters. The number of Topliss-reactive ketones (excluding diaryl/α,β-unsaturated/α-hetero) is 1. The second-order valence-electron chi connectivity index (χ2n) is 9.79. The quantitative estimate of drug-likeness (QED) is 0.212. The lowest BCUT2D eigenvalue weighted by Crippen LogP contribution is -2.52. The minimum atomic E-state index is -5.02. The zero-order valence-corrected chi connectivity index (χ0v) is 22.8. The number of benzene rings is 2. The fourth-order valence-corrected chi connectivity index (χ4v) is 6.99. The number of aromatic nitrogens is 2. The highest BCUT2D eigenvalue weighted by molar-refractivity contribution is 7.93. The number of carbonyl (C=O) groups excluding carboxylic acids is 1. The van der Waals surface area contributed by atoms with E-state index in [9.17, 15) is 27.6 Å². The molecule has 0 spiro atoms. The van der Waals surface area contributed by atoms with Crippen LogP contribution in [0.4, 0.5) is 5.69 Å². The fraction of sp³-hybridized carbons (Fsp3) is 0.400. The summed E-state index contributed by atoms with van der Waals surface area (Å²) in [5, 5.41) is 3.20. The summed E-state index contributed by atoms with van der Waals surface area (Å²) in [5.74, 6) is -1.03. The van der Waals surface area contributed by atoms with Crippen LogP contribution in [0.25, 0.3) is 11.0 Å². The fourth-order valence-electron chi connectivity index (χ4n) is 5.03. The standard InChI is InChI=1S/C25H31N4O7PS/c1-17(2)16-25(36-37(31,32)33,19-10-12-26-13-11-19)24(30)18-6-8-20(9-7-18)29-38(34,35)22-5-3-4-21-23(22)28-15-14-27-21/h3-9,14-15,17,19,26,29H,10-13,16H2,1-2H3,(H2,31,32,33). The number of ketones is 1. The van der Waals surface area contributed by atoms with Gasteiger partial charge in [0.2, 0.25) is 0 Å². The molecule has 1 aliphatic rings. The zero-order chi connectivity index (χ0) is 27.6. The van der Waals surface area contributed by atoms with E-state index < -0.39 is 35.1 Å². The number of phosphoric acid groups is 1. The Bertz CT molecular complexity index is 1450. The van der Waals surface area contributed by atoms with Gasteiger partial charge in [-0.15, -0.1) is 0 Å². The third kappa shape index (κ3) is 6.28. The topological polar surface area (TPSA) is 168 Å². The molecule has 38 heavy (non-hydrogen) atoms. The molecule has 1 aromatic heterocycles. The van der Waals surface area contributed by atoms with Gasteiger partial charge in [-0.05, 0) is 80.6 Å². The maximum Gasteiger partial charge on any atom is 0.470 e. The molecule has 13 heteroatoms. The van der Waals surface area contributed by atoms with Crippen molar-refractivity contribution in [2.75, 3.05) is 17.8 Å². The molecular formula is C25H31N4O7PS. The number of carbonyl (C=O) groups is 1. The molecule has 204 valence electrons. The number of anilines is 1. The van der Waals surface area contributed by atoms with Gasteiger partial charge < -0.3 is 15.1 Å². The Morgan fingerprint density at radius 3 is 2.42 bits per heavy atom. The van der Waals surface area contributed by atoms with Gasteiger partial charge in [0.1, 0.15) is 16.0 Å². The van der Waals surface area contributed by atoms with E-state index in [-0.39, 0.29) is 34.0 Å². The Kier molecular flexibility index (Phi) is 8.32. The van der Waals surface area contributed by atoms with Gasteiger partial charge in [0.05, 0.1) is 5.52 Å². The van der Waals surface area contributed by atoms with Crippen LogP contribution >= 0.6 is 7.82 Å². The molecule has 4 rings (SSSR count). The minimum absolute atomic E-state index is 0.0415. The van der Waals surface area contributed by atoms with Crippen LogP contribution < -0.4 is 10.0 Å². The van der Waals surface area contributed by atoms with Crippen molar-refractivity contribution in [1.82, 2.24) is 15.3 Å². The summed E-state index contributed by atoms with van der Waals surface area (Å²) in [6.07, 6.45) is 4.04. The molecule has 3 aromatic rings. The summed E-state index contributed by atoms with van der Waals surface area (Å²) in [7, 11) is -9.05. The van der Waals surface area contributed by atoms with Gasteiger partial charge >= 0.3 is 7.82 Å². The molecule has 1 aliphatic heterocycles. The summed E-state index contributed by atoms with van der Waals surface area (Å²) in [6, 6.07) is 10.4. The number of hydrogen-bond acceptors (Lipinski definition) is 8. The Balaban J connectivity index is 1.65. The zero-order valence-electron chi connectivity index (χ0n) is 21.1. The Morgan fingerprint density at radius 1 is 1.13 bits per heavy atom. The maximum atomic E-state index is 13.9. The largest absolute Gasteiger partial charge is 0.470 e. The van der Waals surface area contributed by atoms with Gasteiger partial charge in [-0.1, -0.05) is 19.9 Å². The van der Waals surface area contributed by atoms with Crippen LogP contribution in [-0.2, 0) is 19.1 Å². The minimum Gasteiger partial charge on any atom is -0.317 e. The first-order valence-corrected chi connectivity index (χ1v) is 15.3. The number of piperidine rings is 1. The lowest BCUT2D eigenvalue weighted by Gasteiger charge is -2.42. The summed E-state index contributed by atoms with van der Waals surface area (Å²) in [5.41, 5.74) is -0.700. The van der Waals surface area contributed by atoms with Crippen molar-refractivity contribution in [2.24, 2.45) is 11.8 Å². The number of rotatable bonds is 10. The van der Waals surface area contributed by atoms with Crippen LogP contribution in [-0.4, -0.2) is 52.6 Å². The summed E-state index contributed by atoms with van der Waals surface area (Å²) in [6.45, 7) is 4.92. The van der Waals surface area contributed by atoms with Crippen molar-refractivity contribution in [3.05, 3.63) is 60.4 Å². The second-order valence-corrected chi connectivity index (χ2v) is 12.6. The third-order valence-corrected chi connectivity index (χ3v) is 8.50. The van der Waals surface area contributed by atoms with E-state index in [1.54, 1.807) is 12.1 Å². The first-order valence-electron chi connectivity index (χ1n) is 12.3. The highest BCUT2D eigenvalue weighted by atomic mass is 32.2. The lowest BCUT2D eigenvalue weighted by atomic mass is 9.72. The predicted molar refractivity (Wildman–Crippen MR) is 142 cm³/mol. The number of nitrogens with one attached hydrogen (secondary N) is 2. The Labute approximate surface area is 221 Å². The van der Waals surface area contributed by atoms with E-state index in [1.807, 2.05) is 13.8 Å². The SMILES string of the molecule is CC(C)CC(OP(=O)(O)O)(C(=O)c1ccc(NS(=O)(=O)c2cccc3nccnc23)cc1)C1CCNCC1. The van der Waals surface area contributed by atoms with Gasteiger partial charge in [0, 0.05) is 23.6 Å². The van der Waals surface area contributed by atoms with Crippen molar-refractivity contribution in [2.45, 2.75) is 43.6 Å². The van der Waals surface area contributed by atoms with Crippen LogP contribution in [0.1, 0.15) is 43.5 Å². The lowest BCUT2D eigenvalue weighted by molar-refractivity contribution is -0.0233. The molecule has 2 heterocycles. The van der Waals surface area contributed by atoms with Crippen molar-refractivity contribution >= 4 is 40.4 Å². The average molecular weight is 563 g/mol. The first-order chi connectivity index (χ1) is 17.9. The highest BCUT2D eigenvalue weighted by Crippen LogP contribution is 2.49. The summed E-state index contributed by atoms with van der Waals surface area (Å²) >= 11 is 0. The van der Waals surface area contributed by atoms with Crippen molar-refractivity contribution in [3.8, 4) is 0 Å². The van der Waals surface area contributed by atoms with E-state index in [0.717, 1.165) is 0 Å². The first kappa shape index (κ1) is 28.3. The third-order valence-electron chi connectivity index (χ3n) is 6.53. The second kappa shape index (κ2) is 11.2. The van der Waals surface area contributed by atoms with Gasteiger partial charge in [0.25, 0.3) is 10.0 Å². The molecule has 0 saturated carbocycles. The van der Waals surface area contributed by atoms with Crippen LogP contribution in [0.2, 0.25) is 0 Å². The molecule has 1 saturated heterocycles. The maximum absolute atomic E-state index is 13.9. The normalized spacial score (nSPS) is 16.9. The number of para-hydroxylation sites is 1. The predicted octanol–water partition coefficient (Wildman–Crippen LogP) is 3.51. The van der Waals surface area contributed by atoms with Crippen molar-refractivity contribution in [1.29, 1.82) is 0 Å². The van der Waals surface area contributed by atoms with Crippen molar-refractivity contribution in [3.63, 3.8) is 0 Å². The number of fused-ring (bicyclic) bond motifs is 1. The summed E-state index contributed by atoms with van der Waals surface area (Å²) in [4.78, 5) is 41.7. The molecule has 0 amide bonds. The van der Waals surface area contributed by atoms with Crippen LogP contribution in [0.15, 0.2) is 59.8 Å². The van der Waals surface area contributed by atoms with Gasteiger partial charge in [-0.3, -0.25) is 24.0 Å². The molecular weight excluding hydrogens is 531 g/mol. The Hall–Kier alpha value is -2.73. The van der Waals surface area contributed by atoms with E-state index in [2.05, 4.69) is 20.0 Å². The molecule has 0 aliphatic carbocycles. The summed E-state index contributed by atoms with van der Waals surface area (Å²) < 4.78 is 46.2. The molecule has 1 fully saturated rings. The highest BCUT2D eigenvalue weighted by Gasteiger charge is 2.51. The number of nitrogens with zero attached hydrogens (tertiary/aromatic N) is 2. The molecule has 11 nitrogen and oxygen atoms in total. The smallest absolute Gasteiger partial charge is 0.317 e. The number of hydrogen-bond donors (Lipinski definition) is 4. The van der Waals surface area contributed by atoms with Crippen LogP contribution in [0, 0.1) is 11.8 Å². The van der Waals surface area contributed by atoms with Crippen LogP contribution in [0.5, 0.6) is 0 Å². The Morgan fingerprint density at radius 2 is 1.79 bits per heavy atom. The van der Waals surface area contributed by atoms with Crippen LogP contribution in [0.3, 0.4) is 0 Å². The van der Waals surface area contributed by atoms with E-state index in [4.69, 9.17) is 4.52 Å². The number of phosphoric ester groups is 1. The van der Waals surface area contributed by atoms with E-state index in [1.165, 1.54) is 42.7 Å². The monoisotopic (exact) mass is 562 g/mol. The molecule has 1 atom stereocenters. The number of sulfonamides is 1. The molecule has 4 N–H and O–H groups in total. The van der Waals surface area contributed by atoms with Crippen molar-refractivity contribution < 1.29 is 32.1 Å². The van der Waals surface area contributed by atoms with Gasteiger partial charge in [0.15, 0.2) is 5.78 Å². The molecule has 0 radical (unpaired) electrons. The van der Waals surface area contributed by atoms with Gasteiger partial charge in [-0.25, -0.2) is 13.0 Å².